The molecule has 0 spiro atoms. The number of aromatic nitrogens is 2. The summed E-state index contributed by atoms with van der Waals surface area (Å²) in [7, 11) is 1.73. The van der Waals surface area contributed by atoms with Crippen LogP contribution in [0.25, 0.3) is 0 Å². The summed E-state index contributed by atoms with van der Waals surface area (Å²) in [4.78, 5) is 23.4. The Labute approximate surface area is 135 Å². The van der Waals surface area contributed by atoms with Gasteiger partial charge in [0.1, 0.15) is 5.75 Å². The normalized spacial score (nSPS) is 10.1. The lowest BCUT2D eigenvalue weighted by atomic mass is 10.3. The van der Waals surface area contributed by atoms with Gasteiger partial charge in [-0.3, -0.25) is 25.1 Å². The minimum atomic E-state index is -0.485. The van der Waals surface area contributed by atoms with Gasteiger partial charge in [-0.2, -0.15) is 5.10 Å². The third-order valence-electron chi connectivity index (χ3n) is 2.85. The van der Waals surface area contributed by atoms with E-state index in [0.717, 1.165) is 10.2 Å². The molecule has 0 unspecified atom stereocenters. The minimum absolute atomic E-state index is 0.205. The molecule has 1 aromatic carbocycles. The summed E-state index contributed by atoms with van der Waals surface area (Å²) >= 11 is 3.31. The smallest absolute Gasteiger partial charge is 0.290 e. The number of hydrazine groups is 1. The quantitative estimate of drug-likeness (QED) is 0.799. The van der Waals surface area contributed by atoms with Crippen LogP contribution in [0.5, 0.6) is 5.75 Å². The molecule has 2 rings (SSSR count). The van der Waals surface area contributed by atoms with E-state index in [4.69, 9.17) is 4.74 Å². The highest BCUT2D eigenvalue weighted by molar-refractivity contribution is 9.10. The Morgan fingerprint density at radius 2 is 1.95 bits per heavy atom. The van der Waals surface area contributed by atoms with Crippen molar-refractivity contribution >= 4 is 27.7 Å². The molecule has 7 nitrogen and oxygen atoms in total. The van der Waals surface area contributed by atoms with Crippen molar-refractivity contribution in [2.75, 3.05) is 6.61 Å². The van der Waals surface area contributed by atoms with Gasteiger partial charge < -0.3 is 4.74 Å². The molecule has 2 aromatic rings. The maximum atomic E-state index is 11.8. The van der Waals surface area contributed by atoms with Crippen LogP contribution >= 0.6 is 15.9 Å². The van der Waals surface area contributed by atoms with Gasteiger partial charge in [-0.1, -0.05) is 15.9 Å². The van der Waals surface area contributed by atoms with Crippen LogP contribution in [0.2, 0.25) is 0 Å². The molecule has 0 aliphatic rings. The van der Waals surface area contributed by atoms with Crippen molar-refractivity contribution in [3.05, 3.63) is 46.2 Å². The van der Waals surface area contributed by atoms with Crippen molar-refractivity contribution in [2.24, 2.45) is 7.05 Å². The monoisotopic (exact) mass is 366 g/mol. The summed E-state index contributed by atoms with van der Waals surface area (Å²) in [6.45, 7) is 1.62. The van der Waals surface area contributed by atoms with Crippen LogP contribution in [0.4, 0.5) is 0 Å². The van der Waals surface area contributed by atoms with Crippen LogP contribution in [-0.2, 0) is 11.8 Å². The second kappa shape index (κ2) is 7.08. The molecule has 0 aliphatic carbocycles. The van der Waals surface area contributed by atoms with Gasteiger partial charge in [0, 0.05) is 17.2 Å². The average molecular weight is 367 g/mol. The van der Waals surface area contributed by atoms with E-state index in [1.807, 2.05) is 6.92 Å². The second-order valence-corrected chi connectivity index (χ2v) is 5.46. The maximum absolute atomic E-state index is 11.8. The first kappa shape index (κ1) is 16.0. The summed E-state index contributed by atoms with van der Waals surface area (Å²) in [5.74, 6) is -0.394. The van der Waals surface area contributed by atoms with Gasteiger partial charge in [-0.15, -0.1) is 0 Å². The zero-order valence-electron chi connectivity index (χ0n) is 12.1. The number of halogens is 1. The van der Waals surface area contributed by atoms with E-state index in [9.17, 15) is 9.59 Å². The van der Waals surface area contributed by atoms with E-state index in [0.29, 0.717) is 5.75 Å². The molecular weight excluding hydrogens is 352 g/mol. The van der Waals surface area contributed by atoms with E-state index >= 15 is 0 Å². The van der Waals surface area contributed by atoms with E-state index in [1.165, 1.54) is 0 Å². The van der Waals surface area contributed by atoms with Crippen molar-refractivity contribution in [1.29, 1.82) is 0 Å². The minimum Gasteiger partial charge on any atom is -0.484 e. The molecule has 2 amide bonds. The fourth-order valence-corrected chi connectivity index (χ4v) is 1.84. The molecule has 0 radical (unpaired) electrons. The number of hydrogen-bond donors (Lipinski definition) is 2. The van der Waals surface area contributed by atoms with E-state index in [-0.39, 0.29) is 12.3 Å². The molecule has 0 fully saturated rings. The van der Waals surface area contributed by atoms with Gasteiger partial charge in [0.2, 0.25) is 0 Å². The third kappa shape index (κ3) is 4.32. The predicted octanol–water partition coefficient (Wildman–Crippen LogP) is 1.33. The summed E-state index contributed by atoms with van der Waals surface area (Å²) in [6.07, 6.45) is 0. The van der Waals surface area contributed by atoms with Crippen molar-refractivity contribution in [1.82, 2.24) is 20.6 Å². The zero-order valence-corrected chi connectivity index (χ0v) is 13.7. The molecule has 0 aliphatic heterocycles. The van der Waals surface area contributed by atoms with Crippen molar-refractivity contribution in [3.63, 3.8) is 0 Å². The molecule has 1 aromatic heterocycles. The summed E-state index contributed by atoms with van der Waals surface area (Å²) in [5, 5.41) is 4.01. The SMILES string of the molecule is Cc1cc(C(=O)NNC(=O)COc2ccc(Br)cc2)nn1C. The molecule has 0 saturated heterocycles. The Balaban J connectivity index is 1.77. The highest BCUT2D eigenvalue weighted by Gasteiger charge is 2.12. The third-order valence-corrected chi connectivity index (χ3v) is 3.37. The molecular formula is C14H15BrN4O3. The average Bonchev–Trinajstić information content (AvgIpc) is 2.84. The molecule has 0 bridgehead atoms. The number of ether oxygens (including phenoxy) is 1. The number of rotatable bonds is 4. The first-order chi connectivity index (χ1) is 10.5. The molecule has 116 valence electrons. The van der Waals surface area contributed by atoms with Gasteiger partial charge >= 0.3 is 0 Å². The maximum Gasteiger partial charge on any atom is 0.290 e. The van der Waals surface area contributed by atoms with Crippen LogP contribution < -0.4 is 15.6 Å². The molecule has 0 atom stereocenters. The Hall–Kier alpha value is -2.35. The van der Waals surface area contributed by atoms with Gasteiger partial charge in [-0.05, 0) is 37.3 Å². The standard InChI is InChI=1S/C14H15BrN4O3/c1-9-7-12(18-19(9)2)14(21)17-16-13(20)8-22-11-5-3-10(15)4-6-11/h3-7H,8H2,1-2H3,(H,16,20)(H,17,21). The number of hydrogen-bond acceptors (Lipinski definition) is 4. The summed E-state index contributed by atoms with van der Waals surface area (Å²) in [6, 6.07) is 8.69. The summed E-state index contributed by atoms with van der Waals surface area (Å²) in [5.41, 5.74) is 5.63. The highest BCUT2D eigenvalue weighted by atomic mass is 79.9. The topological polar surface area (TPSA) is 85.2 Å². The lowest BCUT2D eigenvalue weighted by Gasteiger charge is -2.08. The van der Waals surface area contributed by atoms with E-state index in [2.05, 4.69) is 31.9 Å². The molecule has 22 heavy (non-hydrogen) atoms. The van der Waals surface area contributed by atoms with Crippen LogP contribution in [0, 0.1) is 6.92 Å². The lowest BCUT2D eigenvalue weighted by Crippen LogP contribution is -2.44. The van der Waals surface area contributed by atoms with Gasteiger partial charge in [0.05, 0.1) is 0 Å². The highest BCUT2D eigenvalue weighted by Crippen LogP contribution is 2.15. The van der Waals surface area contributed by atoms with E-state index < -0.39 is 11.8 Å². The number of nitrogens with one attached hydrogen (secondary N) is 2. The number of aryl methyl sites for hydroxylation is 2. The Bertz CT molecular complexity index is 662. The number of carbonyl (C=O) groups is 2. The van der Waals surface area contributed by atoms with Crippen LogP contribution in [0.15, 0.2) is 34.8 Å². The number of benzene rings is 1. The number of carbonyl (C=O) groups excluding carboxylic acids is 2. The molecule has 1 heterocycles. The first-order valence-electron chi connectivity index (χ1n) is 6.44. The second-order valence-electron chi connectivity index (χ2n) is 4.54. The van der Waals surface area contributed by atoms with Gasteiger partial charge in [0.25, 0.3) is 11.8 Å². The lowest BCUT2D eigenvalue weighted by molar-refractivity contribution is -0.123. The van der Waals surface area contributed by atoms with Crippen LogP contribution in [0.3, 0.4) is 0 Å². The van der Waals surface area contributed by atoms with Crippen molar-refractivity contribution in [2.45, 2.75) is 6.92 Å². The molecule has 8 heteroatoms. The van der Waals surface area contributed by atoms with Crippen LogP contribution in [-0.4, -0.2) is 28.2 Å². The van der Waals surface area contributed by atoms with Crippen LogP contribution in [0.1, 0.15) is 16.2 Å². The Morgan fingerprint density at radius 3 is 2.55 bits per heavy atom. The first-order valence-corrected chi connectivity index (χ1v) is 7.23. The largest absolute Gasteiger partial charge is 0.484 e. The predicted molar refractivity (Wildman–Crippen MR) is 83.2 cm³/mol. The van der Waals surface area contributed by atoms with Gasteiger partial charge in [-0.25, -0.2) is 0 Å². The van der Waals surface area contributed by atoms with E-state index in [1.54, 1.807) is 42.1 Å². The van der Waals surface area contributed by atoms with Crippen molar-refractivity contribution in [3.8, 4) is 5.75 Å². The number of nitrogens with zero attached hydrogens (tertiary/aromatic N) is 2. The molecule has 0 saturated carbocycles. The van der Waals surface area contributed by atoms with Gasteiger partial charge in [0.15, 0.2) is 12.3 Å². The summed E-state index contributed by atoms with van der Waals surface area (Å²) < 4.78 is 7.78. The number of amides is 2. The Kier molecular flexibility index (Phi) is 5.16. The fourth-order valence-electron chi connectivity index (χ4n) is 1.58. The molecule has 2 N–H and O–H groups in total. The fraction of sp³-hybridized carbons (Fsp3) is 0.214. The Morgan fingerprint density at radius 1 is 1.27 bits per heavy atom. The zero-order chi connectivity index (χ0) is 16.1. The van der Waals surface area contributed by atoms with Crippen molar-refractivity contribution < 1.29 is 14.3 Å².